The van der Waals surface area contributed by atoms with Crippen LogP contribution >= 0.6 is 0 Å². The number of phenolic OH excluding ortho intramolecular Hbond substituents is 1. The Morgan fingerprint density at radius 2 is 1.74 bits per heavy atom. The standard InChI is InChI=1S/C27H24N2O9/c1-11-13-8-5-9-15(30)18(13)21(32)20-17(11)22(38-26(36)29-12-6-3-2-4-7-12)14-10-16(31)19(25(28)35)23(33)27(14,37)24(20)34/h2-9,11,14,17,22,30-31,34,37H,10H2,1H3,(H2,28,35)(H,29,36)/t11-,14+,17+,22+,27+/m0/s1. The number of amides is 2. The zero-order chi connectivity index (χ0) is 27.5. The molecule has 0 spiro atoms. The maximum atomic E-state index is 13.6. The molecule has 0 saturated heterocycles. The van der Waals surface area contributed by atoms with Gasteiger partial charge in [-0.2, -0.15) is 0 Å². The van der Waals surface area contributed by atoms with Gasteiger partial charge >= 0.3 is 6.09 Å². The summed E-state index contributed by atoms with van der Waals surface area (Å²) in [5.41, 5.74) is 1.61. The number of aromatic hydroxyl groups is 1. The van der Waals surface area contributed by atoms with Crippen molar-refractivity contribution in [2.75, 3.05) is 5.32 Å². The fraction of sp³-hybridized carbons (Fsp3) is 0.259. The van der Waals surface area contributed by atoms with Crippen molar-refractivity contribution in [3.63, 3.8) is 0 Å². The third kappa shape index (κ3) is 3.46. The highest BCUT2D eigenvalue weighted by Crippen LogP contribution is 2.55. The van der Waals surface area contributed by atoms with Gasteiger partial charge in [-0.1, -0.05) is 37.3 Å². The highest BCUT2D eigenvalue weighted by atomic mass is 16.6. The van der Waals surface area contributed by atoms with E-state index in [1.54, 1.807) is 43.3 Å². The number of rotatable bonds is 3. The monoisotopic (exact) mass is 520 g/mol. The molecule has 0 saturated carbocycles. The number of hydrogen-bond donors (Lipinski definition) is 6. The lowest BCUT2D eigenvalue weighted by molar-refractivity contribution is -0.154. The Balaban J connectivity index is 1.69. The molecule has 0 aromatic heterocycles. The second kappa shape index (κ2) is 8.73. The van der Waals surface area contributed by atoms with E-state index in [0.29, 0.717) is 11.3 Å². The average molecular weight is 520 g/mol. The Morgan fingerprint density at radius 1 is 1.05 bits per heavy atom. The second-order valence-electron chi connectivity index (χ2n) is 9.60. The first-order valence-electron chi connectivity index (χ1n) is 11.8. The fourth-order valence-electron chi connectivity index (χ4n) is 5.87. The molecule has 7 N–H and O–H groups in total. The van der Waals surface area contributed by atoms with Crippen LogP contribution < -0.4 is 11.1 Å². The van der Waals surface area contributed by atoms with Gasteiger partial charge in [0.2, 0.25) is 5.78 Å². The minimum atomic E-state index is -2.92. The molecular formula is C27H24N2O9. The lowest BCUT2D eigenvalue weighted by Crippen LogP contribution is -2.63. The van der Waals surface area contributed by atoms with Crippen LogP contribution in [0.5, 0.6) is 5.75 Å². The lowest BCUT2D eigenvalue weighted by Gasteiger charge is -2.50. The number of Topliss-reactive ketones (excluding diaryl/α,β-unsaturated/α-hetero) is 2. The minimum Gasteiger partial charge on any atom is -0.511 e. The Kier molecular flexibility index (Phi) is 5.75. The first kappa shape index (κ1) is 25.0. The van der Waals surface area contributed by atoms with Gasteiger partial charge < -0.3 is 30.9 Å². The number of nitrogens with two attached hydrogens (primary N) is 1. The summed E-state index contributed by atoms with van der Waals surface area (Å²) in [7, 11) is 0. The van der Waals surface area contributed by atoms with Crippen LogP contribution in [0, 0.1) is 11.8 Å². The summed E-state index contributed by atoms with van der Waals surface area (Å²) >= 11 is 0. The highest BCUT2D eigenvalue weighted by molar-refractivity contribution is 6.24. The molecule has 2 aromatic rings. The molecule has 196 valence electrons. The summed E-state index contributed by atoms with van der Waals surface area (Å²) < 4.78 is 5.73. The highest BCUT2D eigenvalue weighted by Gasteiger charge is 2.65. The van der Waals surface area contributed by atoms with Gasteiger partial charge in [-0.05, 0) is 29.7 Å². The number of aliphatic hydroxyl groups excluding tert-OH is 2. The second-order valence-corrected chi connectivity index (χ2v) is 9.60. The SMILES string of the molecule is C[C@H]1c2cccc(O)c2C(=O)C2=C(O)[C@]3(O)C(=O)C(C(N)=O)=C(O)C[C@@H]3[C@@H](OC(=O)Nc3ccccc3)[C@@H]21. The van der Waals surface area contributed by atoms with Gasteiger partial charge in [0.15, 0.2) is 11.4 Å². The molecule has 0 radical (unpaired) electrons. The van der Waals surface area contributed by atoms with E-state index in [-0.39, 0.29) is 11.3 Å². The van der Waals surface area contributed by atoms with Crippen molar-refractivity contribution in [1.82, 2.24) is 0 Å². The van der Waals surface area contributed by atoms with Crippen LogP contribution in [-0.2, 0) is 14.3 Å². The number of aliphatic hydroxyl groups is 3. The molecule has 5 atom stereocenters. The summed E-state index contributed by atoms with van der Waals surface area (Å²) in [6.45, 7) is 1.67. The molecule has 0 heterocycles. The van der Waals surface area contributed by atoms with Crippen molar-refractivity contribution < 1.29 is 44.3 Å². The normalized spacial score (nSPS) is 28.3. The van der Waals surface area contributed by atoms with Crippen LogP contribution in [0.1, 0.15) is 35.2 Å². The van der Waals surface area contributed by atoms with E-state index in [1.165, 1.54) is 12.1 Å². The van der Waals surface area contributed by atoms with Crippen LogP contribution in [0.15, 0.2) is 71.2 Å². The number of anilines is 1. The largest absolute Gasteiger partial charge is 0.511 e. The zero-order valence-corrected chi connectivity index (χ0v) is 20.0. The molecule has 2 aromatic carbocycles. The van der Waals surface area contributed by atoms with Crippen molar-refractivity contribution in [2.45, 2.75) is 31.0 Å². The van der Waals surface area contributed by atoms with Crippen molar-refractivity contribution in [3.05, 3.63) is 82.3 Å². The van der Waals surface area contributed by atoms with E-state index in [4.69, 9.17) is 10.5 Å². The fourth-order valence-corrected chi connectivity index (χ4v) is 5.87. The van der Waals surface area contributed by atoms with Crippen molar-refractivity contribution in [1.29, 1.82) is 0 Å². The number of carbonyl (C=O) groups excluding carboxylic acids is 4. The van der Waals surface area contributed by atoms with Crippen LogP contribution in [0.3, 0.4) is 0 Å². The molecule has 5 rings (SSSR count). The first-order valence-corrected chi connectivity index (χ1v) is 11.8. The number of hydrogen-bond acceptors (Lipinski definition) is 9. The Morgan fingerprint density at radius 3 is 2.39 bits per heavy atom. The van der Waals surface area contributed by atoms with Gasteiger partial charge in [-0.3, -0.25) is 19.7 Å². The van der Waals surface area contributed by atoms with E-state index in [2.05, 4.69) is 5.32 Å². The Hall–Kier alpha value is -4.64. The van der Waals surface area contributed by atoms with Gasteiger partial charge in [0.1, 0.15) is 28.9 Å². The maximum absolute atomic E-state index is 13.6. The number of para-hydroxylation sites is 1. The quantitative estimate of drug-likeness (QED) is 0.329. The third-order valence-electron chi connectivity index (χ3n) is 7.60. The predicted octanol–water partition coefficient (Wildman–Crippen LogP) is 2.37. The summed E-state index contributed by atoms with van der Waals surface area (Å²) in [6.07, 6.45) is -2.99. The molecule has 3 aliphatic rings. The lowest BCUT2D eigenvalue weighted by atomic mass is 9.56. The number of nitrogens with one attached hydrogen (secondary N) is 1. The molecule has 0 aliphatic heterocycles. The molecule has 3 aliphatic carbocycles. The molecule has 38 heavy (non-hydrogen) atoms. The Bertz CT molecular complexity index is 1460. The molecule has 11 nitrogen and oxygen atoms in total. The smallest absolute Gasteiger partial charge is 0.411 e. The molecule has 0 unspecified atom stereocenters. The number of benzene rings is 2. The van der Waals surface area contributed by atoms with E-state index in [9.17, 15) is 39.6 Å². The summed E-state index contributed by atoms with van der Waals surface area (Å²) in [5.74, 6) is -9.04. The number of ether oxygens (including phenoxy) is 1. The molecule has 2 amide bonds. The summed E-state index contributed by atoms with van der Waals surface area (Å²) in [6, 6.07) is 12.7. The van der Waals surface area contributed by atoms with Crippen LogP contribution in [0.4, 0.5) is 10.5 Å². The first-order chi connectivity index (χ1) is 18.0. The summed E-state index contributed by atoms with van der Waals surface area (Å²) in [4.78, 5) is 51.9. The van der Waals surface area contributed by atoms with E-state index in [0.717, 1.165) is 0 Å². The van der Waals surface area contributed by atoms with Gasteiger partial charge in [-0.25, -0.2) is 4.79 Å². The van der Waals surface area contributed by atoms with Crippen molar-refractivity contribution in [3.8, 4) is 5.75 Å². The van der Waals surface area contributed by atoms with E-state index < -0.39 is 82.1 Å². The third-order valence-corrected chi connectivity index (χ3v) is 7.60. The van der Waals surface area contributed by atoms with Crippen LogP contribution in [-0.4, -0.2) is 55.7 Å². The van der Waals surface area contributed by atoms with Gasteiger partial charge in [0, 0.05) is 29.5 Å². The number of primary amides is 1. The topological polar surface area (TPSA) is 196 Å². The molecule has 0 fully saturated rings. The Labute approximate surface area is 215 Å². The van der Waals surface area contributed by atoms with Crippen molar-refractivity contribution in [2.24, 2.45) is 17.6 Å². The van der Waals surface area contributed by atoms with Crippen molar-refractivity contribution >= 4 is 29.3 Å². The van der Waals surface area contributed by atoms with E-state index >= 15 is 0 Å². The number of ketones is 2. The molecular weight excluding hydrogens is 496 g/mol. The summed E-state index contributed by atoms with van der Waals surface area (Å²) in [5, 5.41) is 46.5. The zero-order valence-electron chi connectivity index (χ0n) is 20.0. The van der Waals surface area contributed by atoms with Gasteiger partial charge in [0.25, 0.3) is 5.91 Å². The average Bonchev–Trinajstić information content (AvgIpc) is 2.86. The minimum absolute atomic E-state index is 0.135. The number of carbonyl (C=O) groups is 4. The van der Waals surface area contributed by atoms with Gasteiger partial charge in [-0.15, -0.1) is 0 Å². The van der Waals surface area contributed by atoms with Gasteiger partial charge in [0.05, 0.1) is 5.56 Å². The molecule has 11 heteroatoms. The maximum Gasteiger partial charge on any atom is 0.411 e. The number of phenols is 1. The van der Waals surface area contributed by atoms with Crippen LogP contribution in [0.2, 0.25) is 0 Å². The number of allylic oxidation sites excluding steroid dienone is 1. The van der Waals surface area contributed by atoms with E-state index in [1.807, 2.05) is 0 Å². The number of fused-ring (bicyclic) bond motifs is 3. The predicted molar refractivity (Wildman–Crippen MR) is 131 cm³/mol. The van der Waals surface area contributed by atoms with Crippen LogP contribution in [0.25, 0.3) is 0 Å². The molecule has 0 bridgehead atoms.